The number of rotatable bonds is 3. The summed E-state index contributed by atoms with van der Waals surface area (Å²) in [4.78, 5) is 4.31. The van der Waals surface area contributed by atoms with Crippen LogP contribution in [-0.2, 0) is 13.6 Å². The van der Waals surface area contributed by atoms with Gasteiger partial charge in [-0.1, -0.05) is 0 Å². The summed E-state index contributed by atoms with van der Waals surface area (Å²) < 4.78 is 2.85. The van der Waals surface area contributed by atoms with Gasteiger partial charge in [0.2, 0.25) is 0 Å². The summed E-state index contributed by atoms with van der Waals surface area (Å²) in [5, 5.41) is 7.60. The Morgan fingerprint density at radius 1 is 1.41 bits per heavy atom. The van der Waals surface area contributed by atoms with Crippen molar-refractivity contribution in [2.24, 2.45) is 7.05 Å². The van der Waals surface area contributed by atoms with E-state index in [1.807, 2.05) is 44.0 Å². The lowest BCUT2D eigenvalue weighted by Crippen LogP contribution is -2.02. The molecule has 0 unspecified atom stereocenters. The summed E-state index contributed by atoms with van der Waals surface area (Å²) in [5.41, 5.74) is 3.41. The number of aryl methyl sites for hydroxylation is 3. The predicted octanol–water partition coefficient (Wildman–Crippen LogP) is 2.81. The molecular weight excluding hydrogens is 280 g/mol. The van der Waals surface area contributed by atoms with Crippen LogP contribution >= 0.6 is 15.9 Å². The Morgan fingerprint density at radius 2 is 2.18 bits per heavy atom. The van der Waals surface area contributed by atoms with E-state index in [2.05, 4.69) is 31.3 Å². The fraction of sp³-hybridized carbons (Fsp3) is 0.333. The third-order valence-corrected chi connectivity index (χ3v) is 3.45. The van der Waals surface area contributed by atoms with Crippen LogP contribution in [0.1, 0.15) is 16.8 Å². The van der Waals surface area contributed by atoms with Crippen LogP contribution in [0.25, 0.3) is 0 Å². The Hall–Kier alpha value is -1.36. The van der Waals surface area contributed by atoms with Crippen LogP contribution in [-0.4, -0.2) is 14.8 Å². The first-order valence-corrected chi connectivity index (χ1v) is 6.20. The van der Waals surface area contributed by atoms with E-state index in [0.29, 0.717) is 0 Å². The van der Waals surface area contributed by atoms with E-state index in [1.54, 1.807) is 0 Å². The zero-order valence-electron chi connectivity index (χ0n) is 10.2. The molecule has 0 atom stereocenters. The quantitative estimate of drug-likeness (QED) is 0.947. The predicted molar refractivity (Wildman–Crippen MR) is 71.9 cm³/mol. The number of halogens is 1. The molecule has 2 heterocycles. The topological polar surface area (TPSA) is 42.7 Å². The van der Waals surface area contributed by atoms with Gasteiger partial charge in [-0.15, -0.1) is 0 Å². The number of nitrogens with one attached hydrogen (secondary N) is 1. The Labute approximate surface area is 109 Å². The maximum Gasteiger partial charge on any atom is 0.126 e. The van der Waals surface area contributed by atoms with Gasteiger partial charge in [0.15, 0.2) is 0 Å². The van der Waals surface area contributed by atoms with Gasteiger partial charge >= 0.3 is 0 Å². The highest BCUT2D eigenvalue weighted by atomic mass is 79.9. The number of hydrogen-bond donors (Lipinski definition) is 1. The van der Waals surface area contributed by atoms with Crippen molar-refractivity contribution in [3.8, 4) is 0 Å². The normalized spacial score (nSPS) is 10.6. The van der Waals surface area contributed by atoms with Gasteiger partial charge in [-0.05, 0) is 41.4 Å². The van der Waals surface area contributed by atoms with Crippen LogP contribution in [0.4, 0.5) is 5.82 Å². The highest BCUT2D eigenvalue weighted by Crippen LogP contribution is 2.17. The number of nitrogens with zero attached hydrogens (tertiary/aromatic N) is 3. The van der Waals surface area contributed by atoms with E-state index < -0.39 is 0 Å². The van der Waals surface area contributed by atoms with E-state index in [4.69, 9.17) is 0 Å². The van der Waals surface area contributed by atoms with Gasteiger partial charge < -0.3 is 5.32 Å². The van der Waals surface area contributed by atoms with Crippen molar-refractivity contribution in [2.45, 2.75) is 20.4 Å². The molecule has 0 spiro atoms. The van der Waals surface area contributed by atoms with Gasteiger partial charge in [-0.25, -0.2) is 4.98 Å². The van der Waals surface area contributed by atoms with Gasteiger partial charge in [0.1, 0.15) is 5.82 Å². The van der Waals surface area contributed by atoms with Crippen molar-refractivity contribution in [1.82, 2.24) is 14.8 Å². The third-order valence-electron chi connectivity index (χ3n) is 2.62. The van der Waals surface area contributed by atoms with Gasteiger partial charge in [0.05, 0.1) is 5.69 Å². The second-order valence-corrected chi connectivity index (χ2v) is 4.94. The number of hydrogen-bond acceptors (Lipinski definition) is 3. The van der Waals surface area contributed by atoms with E-state index in [-0.39, 0.29) is 0 Å². The maximum absolute atomic E-state index is 4.31. The molecule has 1 N–H and O–H groups in total. The van der Waals surface area contributed by atoms with Gasteiger partial charge in [0, 0.05) is 36.0 Å². The lowest BCUT2D eigenvalue weighted by atomic mass is 10.2. The molecule has 0 aliphatic rings. The second-order valence-electron chi connectivity index (χ2n) is 4.09. The molecule has 0 saturated carbocycles. The van der Waals surface area contributed by atoms with Crippen LogP contribution < -0.4 is 5.32 Å². The SMILES string of the molecule is Cc1cc(NCc2cn(C)nc2C)ncc1Br. The molecule has 2 aromatic rings. The largest absolute Gasteiger partial charge is 0.366 e. The first-order chi connectivity index (χ1) is 8.06. The molecular formula is C12H15BrN4. The average Bonchev–Trinajstić information content (AvgIpc) is 2.59. The fourth-order valence-electron chi connectivity index (χ4n) is 1.64. The minimum absolute atomic E-state index is 0.744. The smallest absolute Gasteiger partial charge is 0.126 e. The molecule has 2 aromatic heterocycles. The van der Waals surface area contributed by atoms with Crippen LogP contribution in [0.5, 0.6) is 0 Å². The lowest BCUT2D eigenvalue weighted by Gasteiger charge is -2.06. The average molecular weight is 295 g/mol. The zero-order valence-corrected chi connectivity index (χ0v) is 11.7. The van der Waals surface area contributed by atoms with Crippen LogP contribution in [0.2, 0.25) is 0 Å². The Bertz CT molecular complexity index is 533. The first kappa shape index (κ1) is 12.1. The molecule has 0 fully saturated rings. The molecule has 90 valence electrons. The number of anilines is 1. The molecule has 0 saturated heterocycles. The van der Waals surface area contributed by atoms with Crippen molar-refractivity contribution in [3.63, 3.8) is 0 Å². The molecule has 4 nitrogen and oxygen atoms in total. The monoisotopic (exact) mass is 294 g/mol. The number of aromatic nitrogens is 3. The standard InChI is InChI=1S/C12H15BrN4/c1-8-4-12(15-6-11(8)13)14-5-10-7-17(3)16-9(10)2/h4,6-7H,5H2,1-3H3,(H,14,15). The fourth-order valence-corrected chi connectivity index (χ4v) is 1.86. The van der Waals surface area contributed by atoms with Crippen molar-refractivity contribution < 1.29 is 0 Å². The van der Waals surface area contributed by atoms with Gasteiger partial charge in [-0.3, -0.25) is 4.68 Å². The van der Waals surface area contributed by atoms with Crippen LogP contribution in [0, 0.1) is 13.8 Å². The summed E-state index contributed by atoms with van der Waals surface area (Å²) in [6.07, 6.45) is 3.84. The molecule has 0 aliphatic heterocycles. The molecule has 0 amide bonds. The Morgan fingerprint density at radius 3 is 2.76 bits per heavy atom. The van der Waals surface area contributed by atoms with E-state index in [1.165, 1.54) is 11.1 Å². The molecule has 17 heavy (non-hydrogen) atoms. The summed E-state index contributed by atoms with van der Waals surface area (Å²) in [6, 6.07) is 2.02. The van der Waals surface area contributed by atoms with Crippen molar-refractivity contribution >= 4 is 21.7 Å². The lowest BCUT2D eigenvalue weighted by molar-refractivity contribution is 0.756. The molecule has 0 radical (unpaired) electrons. The minimum atomic E-state index is 0.744. The molecule has 0 bridgehead atoms. The van der Waals surface area contributed by atoms with Gasteiger partial charge in [0.25, 0.3) is 0 Å². The van der Waals surface area contributed by atoms with Gasteiger partial charge in [-0.2, -0.15) is 5.10 Å². The highest BCUT2D eigenvalue weighted by Gasteiger charge is 2.03. The second kappa shape index (κ2) is 4.87. The maximum atomic E-state index is 4.31. The van der Waals surface area contributed by atoms with E-state index in [0.717, 1.165) is 22.5 Å². The van der Waals surface area contributed by atoms with Crippen LogP contribution in [0.3, 0.4) is 0 Å². The Balaban J connectivity index is 2.07. The molecule has 0 aliphatic carbocycles. The van der Waals surface area contributed by atoms with Crippen molar-refractivity contribution in [3.05, 3.63) is 39.8 Å². The van der Waals surface area contributed by atoms with Crippen LogP contribution in [0.15, 0.2) is 22.9 Å². The first-order valence-electron chi connectivity index (χ1n) is 5.41. The zero-order chi connectivity index (χ0) is 12.4. The van der Waals surface area contributed by atoms with Crippen molar-refractivity contribution in [2.75, 3.05) is 5.32 Å². The summed E-state index contributed by atoms with van der Waals surface area (Å²) >= 11 is 3.44. The number of pyridine rings is 1. The molecule has 0 aromatic carbocycles. The summed E-state index contributed by atoms with van der Waals surface area (Å²) in [6.45, 7) is 4.80. The van der Waals surface area contributed by atoms with Crippen molar-refractivity contribution in [1.29, 1.82) is 0 Å². The molecule has 5 heteroatoms. The summed E-state index contributed by atoms with van der Waals surface area (Å²) in [7, 11) is 1.93. The Kier molecular flexibility index (Phi) is 3.47. The minimum Gasteiger partial charge on any atom is -0.366 e. The molecule has 2 rings (SSSR count). The van der Waals surface area contributed by atoms with E-state index >= 15 is 0 Å². The summed E-state index contributed by atoms with van der Waals surface area (Å²) in [5.74, 6) is 0.883. The van der Waals surface area contributed by atoms with E-state index in [9.17, 15) is 0 Å². The highest BCUT2D eigenvalue weighted by molar-refractivity contribution is 9.10. The third kappa shape index (κ3) is 2.85.